The second-order valence-electron chi connectivity index (χ2n) is 3.45. The van der Waals surface area contributed by atoms with Crippen molar-refractivity contribution in [2.45, 2.75) is 25.6 Å². The van der Waals surface area contributed by atoms with E-state index < -0.39 is 18.6 Å². The number of rotatable bonds is 3. The molecule has 1 aromatic carbocycles. The van der Waals surface area contributed by atoms with Crippen molar-refractivity contribution in [1.29, 1.82) is 0 Å². The number of hydrogen-bond acceptors (Lipinski definition) is 1. The van der Waals surface area contributed by atoms with E-state index in [0.29, 0.717) is 5.56 Å². The maximum Gasteiger partial charge on any atom is 0.389 e. The van der Waals surface area contributed by atoms with Crippen molar-refractivity contribution >= 4 is 0 Å². The number of benzene rings is 1. The van der Waals surface area contributed by atoms with E-state index in [9.17, 15) is 13.2 Å². The Labute approximate surface area is 90.5 Å². The third-order valence-corrected chi connectivity index (χ3v) is 2.08. The number of azide groups is 1. The molecule has 1 rings (SSSR count). The molecule has 0 aliphatic heterocycles. The lowest BCUT2D eigenvalue weighted by atomic mass is 10.0. The second-order valence-corrected chi connectivity index (χ2v) is 3.45. The first-order valence-corrected chi connectivity index (χ1v) is 4.60. The zero-order chi connectivity index (χ0) is 12.2. The predicted octanol–water partition coefficient (Wildman–Crippen LogP) is 4.30. The summed E-state index contributed by atoms with van der Waals surface area (Å²) in [5.74, 6) is 0. The Morgan fingerprint density at radius 2 is 1.88 bits per heavy atom. The zero-order valence-electron chi connectivity index (χ0n) is 8.57. The summed E-state index contributed by atoms with van der Waals surface area (Å²) in [5.41, 5.74) is 9.56. The van der Waals surface area contributed by atoms with Gasteiger partial charge < -0.3 is 0 Å². The van der Waals surface area contributed by atoms with Crippen molar-refractivity contribution < 1.29 is 13.2 Å². The first-order chi connectivity index (χ1) is 7.42. The van der Waals surface area contributed by atoms with Gasteiger partial charge in [0.1, 0.15) is 0 Å². The van der Waals surface area contributed by atoms with Gasteiger partial charge in [0.2, 0.25) is 0 Å². The fraction of sp³-hybridized carbons (Fsp3) is 0.400. The van der Waals surface area contributed by atoms with E-state index in [-0.39, 0.29) is 0 Å². The molecule has 0 saturated carbocycles. The molecule has 86 valence electrons. The van der Waals surface area contributed by atoms with Crippen molar-refractivity contribution in [3.8, 4) is 0 Å². The van der Waals surface area contributed by atoms with Gasteiger partial charge in [-0.05, 0) is 18.0 Å². The van der Waals surface area contributed by atoms with Crippen LogP contribution in [0.15, 0.2) is 29.4 Å². The first-order valence-electron chi connectivity index (χ1n) is 4.60. The van der Waals surface area contributed by atoms with Gasteiger partial charge in [-0.3, -0.25) is 0 Å². The molecule has 0 heterocycles. The summed E-state index contributed by atoms with van der Waals surface area (Å²) in [4.78, 5) is 2.44. The van der Waals surface area contributed by atoms with Crippen LogP contribution in [-0.2, 0) is 0 Å². The van der Waals surface area contributed by atoms with Crippen LogP contribution in [0.2, 0.25) is 0 Å². The van der Waals surface area contributed by atoms with Crippen LogP contribution < -0.4 is 0 Å². The Morgan fingerprint density at radius 3 is 2.31 bits per heavy atom. The molecular formula is C10H10F3N3. The summed E-state index contributed by atoms with van der Waals surface area (Å²) in [7, 11) is 0. The van der Waals surface area contributed by atoms with Crippen molar-refractivity contribution in [1.82, 2.24) is 0 Å². The van der Waals surface area contributed by atoms with E-state index in [0.717, 1.165) is 5.56 Å². The number of nitrogens with zero attached hydrogens (tertiary/aromatic N) is 3. The third-order valence-electron chi connectivity index (χ3n) is 2.08. The Kier molecular flexibility index (Phi) is 3.79. The average Bonchev–Trinajstić information content (AvgIpc) is 2.16. The number of halogens is 3. The zero-order valence-corrected chi connectivity index (χ0v) is 8.57. The van der Waals surface area contributed by atoms with Crippen LogP contribution in [0.25, 0.3) is 10.4 Å². The van der Waals surface area contributed by atoms with Crippen LogP contribution in [-0.4, -0.2) is 6.18 Å². The molecule has 1 aromatic rings. The van der Waals surface area contributed by atoms with Gasteiger partial charge in [0.15, 0.2) is 0 Å². The van der Waals surface area contributed by atoms with Crippen LogP contribution in [0.4, 0.5) is 13.2 Å². The highest BCUT2D eigenvalue weighted by atomic mass is 19.4. The lowest BCUT2D eigenvalue weighted by Crippen LogP contribution is -2.12. The fourth-order valence-electron chi connectivity index (χ4n) is 1.30. The topological polar surface area (TPSA) is 48.8 Å². The number of alkyl halides is 3. The molecule has 3 nitrogen and oxygen atoms in total. The molecule has 1 atom stereocenters. The SMILES string of the molecule is Cc1ccc(C(CC(F)(F)F)N=[N+]=[N-])cc1. The predicted molar refractivity (Wildman–Crippen MR) is 53.7 cm³/mol. The molecule has 0 N–H and O–H groups in total. The van der Waals surface area contributed by atoms with E-state index >= 15 is 0 Å². The molecule has 0 aliphatic carbocycles. The van der Waals surface area contributed by atoms with E-state index in [1.807, 2.05) is 6.92 Å². The van der Waals surface area contributed by atoms with Gasteiger partial charge in [-0.25, -0.2) is 0 Å². The Morgan fingerprint density at radius 1 is 1.31 bits per heavy atom. The maximum absolute atomic E-state index is 12.2. The highest BCUT2D eigenvalue weighted by molar-refractivity contribution is 5.24. The summed E-state index contributed by atoms with van der Waals surface area (Å²) in [5, 5.41) is 3.17. The first kappa shape index (κ1) is 12.4. The summed E-state index contributed by atoms with van der Waals surface area (Å²) >= 11 is 0. The van der Waals surface area contributed by atoms with Crippen LogP contribution in [0.5, 0.6) is 0 Å². The minimum atomic E-state index is -4.34. The van der Waals surface area contributed by atoms with E-state index in [2.05, 4.69) is 10.0 Å². The Bertz CT molecular complexity index is 391. The van der Waals surface area contributed by atoms with Crippen LogP contribution in [0.1, 0.15) is 23.6 Å². The second kappa shape index (κ2) is 4.90. The van der Waals surface area contributed by atoms with Gasteiger partial charge in [0, 0.05) is 4.91 Å². The molecule has 0 fully saturated rings. The largest absolute Gasteiger partial charge is 0.389 e. The smallest absolute Gasteiger partial charge is 0.171 e. The van der Waals surface area contributed by atoms with Crippen molar-refractivity contribution in [3.63, 3.8) is 0 Å². The maximum atomic E-state index is 12.2. The molecule has 16 heavy (non-hydrogen) atoms. The molecule has 0 bridgehead atoms. The van der Waals surface area contributed by atoms with Crippen LogP contribution >= 0.6 is 0 Å². The minimum absolute atomic E-state index is 0.376. The molecule has 0 aliphatic rings. The molecular weight excluding hydrogens is 219 g/mol. The Hall–Kier alpha value is -1.68. The lowest BCUT2D eigenvalue weighted by Gasteiger charge is -2.14. The van der Waals surface area contributed by atoms with Gasteiger partial charge in [0.25, 0.3) is 0 Å². The van der Waals surface area contributed by atoms with E-state index in [1.165, 1.54) is 0 Å². The van der Waals surface area contributed by atoms with E-state index in [1.54, 1.807) is 24.3 Å². The van der Waals surface area contributed by atoms with Crippen LogP contribution in [0.3, 0.4) is 0 Å². The van der Waals surface area contributed by atoms with Crippen molar-refractivity contribution in [3.05, 3.63) is 45.8 Å². The number of hydrogen-bond donors (Lipinski definition) is 0. The van der Waals surface area contributed by atoms with Crippen molar-refractivity contribution in [2.75, 3.05) is 0 Å². The average molecular weight is 229 g/mol. The summed E-state index contributed by atoms with van der Waals surface area (Å²) in [6.07, 6.45) is -5.48. The standard InChI is InChI=1S/C10H10F3N3/c1-7-2-4-8(5-3-7)9(15-16-14)6-10(11,12)13/h2-5,9H,6H2,1H3. The molecule has 0 spiro atoms. The lowest BCUT2D eigenvalue weighted by molar-refractivity contribution is -0.138. The molecule has 0 radical (unpaired) electrons. The van der Waals surface area contributed by atoms with Gasteiger partial charge >= 0.3 is 6.18 Å². The fourth-order valence-corrected chi connectivity index (χ4v) is 1.30. The highest BCUT2D eigenvalue weighted by Crippen LogP contribution is 2.32. The van der Waals surface area contributed by atoms with Crippen molar-refractivity contribution in [2.24, 2.45) is 5.11 Å². The Balaban J connectivity index is 2.94. The third kappa shape index (κ3) is 3.82. The molecule has 6 heteroatoms. The molecule has 0 amide bonds. The molecule has 0 saturated heterocycles. The quantitative estimate of drug-likeness (QED) is 0.421. The van der Waals surface area contributed by atoms with Gasteiger partial charge in [-0.1, -0.05) is 34.9 Å². The van der Waals surface area contributed by atoms with Gasteiger partial charge in [-0.15, -0.1) is 0 Å². The van der Waals surface area contributed by atoms with E-state index in [4.69, 9.17) is 5.53 Å². The minimum Gasteiger partial charge on any atom is -0.171 e. The van der Waals surface area contributed by atoms with Crippen LogP contribution in [0, 0.1) is 6.92 Å². The summed E-state index contributed by atoms with van der Waals surface area (Å²) in [6.45, 7) is 1.83. The van der Waals surface area contributed by atoms with Gasteiger partial charge in [0.05, 0.1) is 12.5 Å². The molecule has 1 unspecified atom stereocenters. The van der Waals surface area contributed by atoms with Gasteiger partial charge in [-0.2, -0.15) is 13.2 Å². The normalized spacial score (nSPS) is 13.0. The summed E-state index contributed by atoms with van der Waals surface area (Å²) < 4.78 is 36.6. The summed E-state index contributed by atoms with van der Waals surface area (Å²) in [6, 6.07) is 5.27. The number of aryl methyl sites for hydroxylation is 1. The monoisotopic (exact) mass is 229 g/mol. The highest BCUT2D eigenvalue weighted by Gasteiger charge is 2.32. The molecule has 0 aromatic heterocycles.